The third kappa shape index (κ3) is 2.69. The van der Waals surface area contributed by atoms with Crippen LogP contribution in [-0.4, -0.2) is 16.2 Å². The lowest BCUT2D eigenvalue weighted by Crippen LogP contribution is -2.05. The summed E-state index contributed by atoms with van der Waals surface area (Å²) in [5.74, 6) is -0.538. The van der Waals surface area contributed by atoms with E-state index in [0.29, 0.717) is 23.3 Å². The molecule has 5 heteroatoms. The second-order valence-corrected chi connectivity index (χ2v) is 6.06. The molecule has 1 heterocycles. The van der Waals surface area contributed by atoms with E-state index in [1.165, 1.54) is 18.2 Å². The van der Waals surface area contributed by atoms with Crippen LogP contribution in [0.5, 0.6) is 5.75 Å². The van der Waals surface area contributed by atoms with E-state index in [1.54, 1.807) is 42.5 Å². The van der Waals surface area contributed by atoms with Gasteiger partial charge in [0.15, 0.2) is 5.43 Å². The van der Waals surface area contributed by atoms with Gasteiger partial charge in [0.2, 0.25) is 0 Å². The van der Waals surface area contributed by atoms with Crippen LogP contribution in [0.4, 0.5) is 0 Å². The Bertz CT molecular complexity index is 1170. The van der Waals surface area contributed by atoms with Gasteiger partial charge in [-0.2, -0.15) is 0 Å². The summed E-state index contributed by atoms with van der Waals surface area (Å²) in [6.07, 6.45) is 0.356. The van der Waals surface area contributed by atoms with E-state index in [-0.39, 0.29) is 16.7 Å². The maximum absolute atomic E-state index is 11.7. The van der Waals surface area contributed by atoms with Crippen molar-refractivity contribution in [2.45, 2.75) is 6.42 Å². The maximum Gasteiger partial charge on any atom is 0.335 e. The SMILES string of the molecule is O=C(O)c1ccccc1Cc1c2ccc(=O)cc-2oc2cc(O)ccc12. The van der Waals surface area contributed by atoms with Gasteiger partial charge in [-0.3, -0.25) is 4.79 Å². The zero-order valence-electron chi connectivity index (χ0n) is 13.6. The number of hydrogen-bond donors (Lipinski definition) is 2. The molecule has 26 heavy (non-hydrogen) atoms. The van der Waals surface area contributed by atoms with E-state index in [1.807, 2.05) is 0 Å². The van der Waals surface area contributed by atoms with Gasteiger partial charge in [0.1, 0.15) is 17.1 Å². The summed E-state index contributed by atoms with van der Waals surface area (Å²) in [5, 5.41) is 20.0. The molecule has 128 valence electrons. The average molecular weight is 346 g/mol. The van der Waals surface area contributed by atoms with Crippen LogP contribution in [0.25, 0.3) is 22.3 Å². The van der Waals surface area contributed by atoms with E-state index in [0.717, 1.165) is 16.5 Å². The van der Waals surface area contributed by atoms with Crippen LogP contribution in [0.3, 0.4) is 0 Å². The Morgan fingerprint density at radius 2 is 1.81 bits per heavy atom. The van der Waals surface area contributed by atoms with Crippen molar-refractivity contribution in [3.63, 3.8) is 0 Å². The van der Waals surface area contributed by atoms with Gasteiger partial charge in [-0.15, -0.1) is 0 Å². The van der Waals surface area contributed by atoms with Crippen molar-refractivity contribution in [2.75, 3.05) is 0 Å². The highest BCUT2D eigenvalue weighted by molar-refractivity contribution is 5.92. The molecule has 0 amide bonds. The zero-order chi connectivity index (χ0) is 18.3. The van der Waals surface area contributed by atoms with Crippen molar-refractivity contribution in [2.24, 2.45) is 0 Å². The number of carboxylic acids is 1. The summed E-state index contributed by atoms with van der Waals surface area (Å²) >= 11 is 0. The summed E-state index contributed by atoms with van der Waals surface area (Å²) in [5.41, 5.74) is 2.73. The van der Waals surface area contributed by atoms with Gasteiger partial charge in [0.05, 0.1) is 5.56 Å². The summed E-state index contributed by atoms with van der Waals surface area (Å²) in [6, 6.07) is 16.1. The quantitative estimate of drug-likeness (QED) is 0.550. The summed E-state index contributed by atoms with van der Waals surface area (Å²) in [7, 11) is 0. The van der Waals surface area contributed by atoms with Crippen molar-refractivity contribution in [1.29, 1.82) is 0 Å². The molecule has 0 aromatic heterocycles. The van der Waals surface area contributed by atoms with Crippen LogP contribution in [-0.2, 0) is 6.42 Å². The number of rotatable bonds is 3. The molecule has 0 bridgehead atoms. The predicted octanol–water partition coefficient (Wildman–Crippen LogP) is 3.89. The minimum Gasteiger partial charge on any atom is -0.508 e. The van der Waals surface area contributed by atoms with Crippen LogP contribution in [0.15, 0.2) is 69.9 Å². The second kappa shape index (κ2) is 6.04. The standard InChI is InChI=1S/C21H14O5/c22-13-5-7-16-18(9-12-3-1-2-4-15(12)21(24)25)17-8-6-14(23)11-20(17)26-19(16)10-13/h1-8,10-11,22H,9H2,(H,24,25). The Morgan fingerprint density at radius 3 is 2.62 bits per heavy atom. The van der Waals surface area contributed by atoms with Gasteiger partial charge >= 0.3 is 5.97 Å². The molecule has 0 unspecified atom stereocenters. The van der Waals surface area contributed by atoms with Gasteiger partial charge in [0, 0.05) is 23.1 Å². The Kier molecular flexibility index (Phi) is 3.69. The predicted molar refractivity (Wildman–Crippen MR) is 97.0 cm³/mol. The minimum atomic E-state index is -0.991. The van der Waals surface area contributed by atoms with Crippen molar-refractivity contribution in [3.8, 4) is 17.1 Å². The first kappa shape index (κ1) is 15.9. The fourth-order valence-corrected chi connectivity index (χ4v) is 3.21. The molecular formula is C21H14O5. The highest BCUT2D eigenvalue weighted by Crippen LogP contribution is 2.35. The Labute approximate surface area is 148 Å². The molecule has 2 aromatic carbocycles. The lowest BCUT2D eigenvalue weighted by molar-refractivity contribution is 0.0696. The second-order valence-electron chi connectivity index (χ2n) is 6.06. The van der Waals surface area contributed by atoms with Crippen molar-refractivity contribution < 1.29 is 19.4 Å². The molecule has 0 spiro atoms. The first-order valence-electron chi connectivity index (χ1n) is 8.02. The van der Waals surface area contributed by atoms with Crippen LogP contribution >= 0.6 is 0 Å². The Morgan fingerprint density at radius 1 is 1.00 bits per heavy atom. The van der Waals surface area contributed by atoms with Crippen LogP contribution in [0.1, 0.15) is 21.5 Å². The molecule has 0 radical (unpaired) electrons. The number of phenols is 1. The highest BCUT2D eigenvalue weighted by atomic mass is 16.4. The number of benzene rings is 3. The van der Waals surface area contributed by atoms with E-state index < -0.39 is 5.97 Å². The van der Waals surface area contributed by atoms with E-state index in [4.69, 9.17) is 4.42 Å². The molecule has 1 aliphatic carbocycles. The van der Waals surface area contributed by atoms with Gasteiger partial charge in [0.25, 0.3) is 0 Å². The van der Waals surface area contributed by atoms with E-state index in [9.17, 15) is 19.8 Å². The van der Waals surface area contributed by atoms with Gasteiger partial charge in [-0.05, 0) is 47.9 Å². The maximum atomic E-state index is 11.7. The number of hydrogen-bond acceptors (Lipinski definition) is 4. The number of fused-ring (bicyclic) bond motifs is 2. The summed E-state index contributed by atoms with van der Waals surface area (Å²) in [4.78, 5) is 23.2. The van der Waals surface area contributed by atoms with Crippen molar-refractivity contribution in [1.82, 2.24) is 0 Å². The molecule has 5 nitrogen and oxygen atoms in total. The molecule has 2 aliphatic rings. The van der Waals surface area contributed by atoms with E-state index in [2.05, 4.69) is 0 Å². The Balaban J connectivity index is 2.01. The molecular weight excluding hydrogens is 332 g/mol. The normalized spacial score (nSPS) is 11.1. The topological polar surface area (TPSA) is 87.7 Å². The molecule has 4 rings (SSSR count). The molecule has 2 N–H and O–H groups in total. The molecule has 0 atom stereocenters. The molecule has 2 aromatic rings. The van der Waals surface area contributed by atoms with Crippen LogP contribution < -0.4 is 5.43 Å². The monoisotopic (exact) mass is 346 g/mol. The number of aromatic carboxylic acids is 1. The van der Waals surface area contributed by atoms with Crippen molar-refractivity contribution in [3.05, 3.63) is 87.6 Å². The lowest BCUT2D eigenvalue weighted by Gasteiger charge is -2.15. The zero-order valence-corrected chi connectivity index (χ0v) is 13.6. The third-order valence-electron chi connectivity index (χ3n) is 4.40. The number of carbonyl (C=O) groups is 1. The molecule has 1 aliphatic heterocycles. The number of carboxylic acid groups (broad SMARTS) is 1. The highest BCUT2D eigenvalue weighted by Gasteiger charge is 2.18. The molecule has 0 fully saturated rings. The fourth-order valence-electron chi connectivity index (χ4n) is 3.21. The average Bonchev–Trinajstić information content (AvgIpc) is 2.61. The lowest BCUT2D eigenvalue weighted by atomic mass is 9.92. The smallest absolute Gasteiger partial charge is 0.335 e. The van der Waals surface area contributed by atoms with Crippen LogP contribution in [0, 0.1) is 0 Å². The van der Waals surface area contributed by atoms with Gasteiger partial charge < -0.3 is 14.6 Å². The van der Waals surface area contributed by atoms with Gasteiger partial charge in [-0.1, -0.05) is 18.2 Å². The molecule has 0 saturated heterocycles. The van der Waals surface area contributed by atoms with Crippen molar-refractivity contribution >= 4 is 16.9 Å². The number of aromatic hydroxyl groups is 1. The summed E-state index contributed by atoms with van der Waals surface area (Å²) < 4.78 is 5.79. The van der Waals surface area contributed by atoms with Gasteiger partial charge in [-0.25, -0.2) is 4.79 Å². The summed E-state index contributed by atoms with van der Waals surface area (Å²) in [6.45, 7) is 0. The molecule has 0 saturated carbocycles. The minimum absolute atomic E-state index is 0.0516. The number of phenolic OH excluding ortho intramolecular Hbond substituents is 1. The fraction of sp³-hybridized carbons (Fsp3) is 0.0476. The largest absolute Gasteiger partial charge is 0.508 e. The van der Waals surface area contributed by atoms with Crippen LogP contribution in [0.2, 0.25) is 0 Å². The Hall–Kier alpha value is -3.60. The third-order valence-corrected chi connectivity index (χ3v) is 4.40. The first-order chi connectivity index (χ1) is 12.5. The first-order valence-corrected chi connectivity index (χ1v) is 8.02. The van der Waals surface area contributed by atoms with E-state index >= 15 is 0 Å².